The molecule has 0 aromatic heterocycles. The number of esters is 1. The lowest BCUT2D eigenvalue weighted by Gasteiger charge is -2.37. The van der Waals surface area contributed by atoms with Crippen molar-refractivity contribution in [1.82, 2.24) is 14.7 Å². The summed E-state index contributed by atoms with van der Waals surface area (Å²) in [5.74, 6) is -4.77. The monoisotopic (exact) mass is 892 g/mol. The van der Waals surface area contributed by atoms with Crippen LogP contribution in [0.25, 0.3) is 0 Å². The number of benzene rings is 3. The molecular weight excluding hydrogens is 833 g/mol. The molecule has 0 radical (unpaired) electrons. The second kappa shape index (κ2) is 18.0. The van der Waals surface area contributed by atoms with Gasteiger partial charge in [-0.25, -0.2) is 14.1 Å². The van der Waals surface area contributed by atoms with Gasteiger partial charge in [-0.05, 0) is 101 Å². The number of carbonyl (C=O) groups excluding carboxylic acids is 4. The number of anilines is 1. The molecule has 7 rings (SSSR count). The van der Waals surface area contributed by atoms with Crippen molar-refractivity contribution in [3.63, 3.8) is 0 Å². The predicted molar refractivity (Wildman–Crippen MR) is 233 cm³/mol. The molecule has 64 heavy (non-hydrogen) atoms. The molecule has 0 spiro atoms. The molecule has 4 aliphatic heterocycles. The minimum absolute atomic E-state index is 0.0718. The van der Waals surface area contributed by atoms with E-state index in [1.54, 1.807) is 29.2 Å². The van der Waals surface area contributed by atoms with Gasteiger partial charge >= 0.3 is 18.2 Å². The Labute approximate surface area is 373 Å². The summed E-state index contributed by atoms with van der Waals surface area (Å²) in [5, 5.41) is 0. The second-order valence-electron chi connectivity index (χ2n) is 19.4. The number of alkyl halides is 4. The molecule has 4 aliphatic rings. The summed E-state index contributed by atoms with van der Waals surface area (Å²) in [5.41, 5.74) is -2.56. The Hall–Kier alpha value is -5.18. The Morgan fingerprint density at radius 1 is 0.891 bits per heavy atom. The van der Waals surface area contributed by atoms with E-state index in [0.717, 1.165) is 22.6 Å². The molecule has 0 unspecified atom stereocenters. The van der Waals surface area contributed by atoms with Gasteiger partial charge in [0.2, 0.25) is 11.6 Å². The summed E-state index contributed by atoms with van der Waals surface area (Å²) in [6.07, 6.45) is -4.05. The zero-order valence-electron chi connectivity index (χ0n) is 37.8. The molecule has 4 heterocycles. The van der Waals surface area contributed by atoms with Crippen LogP contribution in [-0.2, 0) is 36.5 Å². The third-order valence-electron chi connectivity index (χ3n) is 13.8. The maximum absolute atomic E-state index is 18.2. The number of nitrogens with zero attached hydrogens (tertiary/aromatic N) is 4. The van der Waals surface area contributed by atoms with E-state index in [9.17, 15) is 22.8 Å². The molecule has 346 valence electrons. The van der Waals surface area contributed by atoms with Crippen LogP contribution < -0.4 is 9.64 Å². The molecule has 3 aromatic carbocycles. The highest BCUT2D eigenvalue weighted by Gasteiger charge is 2.59. The molecule has 0 bridgehead atoms. The fraction of sp³-hybridized carbons (Fsp3) is 0.551. The number of hydrogen-bond donors (Lipinski definition) is 0. The predicted octanol–water partition coefficient (Wildman–Crippen LogP) is 8.40. The molecule has 4 fully saturated rings. The van der Waals surface area contributed by atoms with Crippen LogP contribution in [0.15, 0.2) is 72.8 Å². The van der Waals surface area contributed by atoms with Gasteiger partial charge in [0, 0.05) is 62.3 Å². The SMILES string of the molecule is CCC(C)(C)OC(=O)C1CCN(c2cc(C(F)(F)F)ccc2[C@H]2CN(C(=O)[C@]3(F)CN(C(C)(C)C)C[C@H]3c3ccc(OC)cc3)C[C@@H]2C(=O)N2C(=O)OC[C@H]2Cc2ccccc2)CC1. The van der Waals surface area contributed by atoms with Gasteiger partial charge in [-0.2, -0.15) is 13.2 Å². The van der Waals surface area contributed by atoms with Crippen molar-refractivity contribution in [2.45, 2.75) is 108 Å². The molecule has 0 saturated carbocycles. The van der Waals surface area contributed by atoms with Crippen LogP contribution in [0.3, 0.4) is 0 Å². The summed E-state index contributed by atoms with van der Waals surface area (Å²) in [4.78, 5) is 62.9. The van der Waals surface area contributed by atoms with Gasteiger partial charge in [-0.1, -0.05) is 55.5 Å². The van der Waals surface area contributed by atoms with Crippen molar-refractivity contribution in [3.8, 4) is 5.75 Å². The summed E-state index contributed by atoms with van der Waals surface area (Å²) in [6.45, 7) is 11.2. The van der Waals surface area contributed by atoms with Crippen molar-refractivity contribution < 1.29 is 51.0 Å². The number of ether oxygens (including phenoxy) is 3. The van der Waals surface area contributed by atoms with Crippen LogP contribution in [0.1, 0.15) is 94.9 Å². The van der Waals surface area contributed by atoms with Crippen molar-refractivity contribution in [2.24, 2.45) is 11.8 Å². The summed E-state index contributed by atoms with van der Waals surface area (Å²) < 4.78 is 78.2. The Morgan fingerprint density at radius 3 is 2.17 bits per heavy atom. The molecule has 15 heteroatoms. The molecule has 5 atom stereocenters. The molecule has 0 aliphatic carbocycles. The topological polar surface area (TPSA) is 109 Å². The number of methoxy groups -OCH3 is 1. The minimum Gasteiger partial charge on any atom is -0.497 e. The van der Waals surface area contributed by atoms with Crippen molar-refractivity contribution in [2.75, 3.05) is 57.9 Å². The summed E-state index contributed by atoms with van der Waals surface area (Å²) in [7, 11) is 1.53. The lowest BCUT2D eigenvalue weighted by atomic mass is 9.85. The Balaban J connectivity index is 1.27. The smallest absolute Gasteiger partial charge is 0.416 e. The first-order valence-electron chi connectivity index (χ1n) is 22.2. The van der Waals surface area contributed by atoms with Crippen molar-refractivity contribution in [3.05, 3.63) is 95.1 Å². The fourth-order valence-electron chi connectivity index (χ4n) is 9.59. The van der Waals surface area contributed by atoms with Gasteiger partial charge in [0.05, 0.1) is 30.6 Å². The van der Waals surface area contributed by atoms with Crippen molar-refractivity contribution in [1.29, 1.82) is 0 Å². The average molecular weight is 893 g/mol. The third-order valence-corrected chi connectivity index (χ3v) is 13.8. The first kappa shape index (κ1) is 46.8. The van der Waals surface area contributed by atoms with Crippen LogP contribution in [0.5, 0.6) is 5.75 Å². The maximum Gasteiger partial charge on any atom is 0.416 e. The van der Waals surface area contributed by atoms with Gasteiger partial charge in [0.25, 0.3) is 5.91 Å². The number of imide groups is 1. The number of halogens is 4. The Kier molecular flexibility index (Phi) is 13.2. The zero-order chi connectivity index (χ0) is 46.4. The van der Waals surface area contributed by atoms with E-state index < -0.39 is 76.2 Å². The van der Waals surface area contributed by atoms with Gasteiger partial charge in [0.1, 0.15) is 18.0 Å². The number of rotatable bonds is 11. The first-order chi connectivity index (χ1) is 30.1. The van der Waals surface area contributed by atoms with E-state index in [0.29, 0.717) is 36.1 Å². The number of hydrogen-bond acceptors (Lipinski definition) is 9. The molecule has 11 nitrogen and oxygen atoms in total. The van der Waals surface area contributed by atoms with E-state index in [-0.39, 0.29) is 64.0 Å². The van der Waals surface area contributed by atoms with Crippen LogP contribution in [0.4, 0.5) is 28.0 Å². The maximum atomic E-state index is 18.2. The largest absolute Gasteiger partial charge is 0.497 e. The minimum atomic E-state index is -4.71. The summed E-state index contributed by atoms with van der Waals surface area (Å²) in [6, 6.07) is 18.8. The van der Waals surface area contributed by atoms with Gasteiger partial charge in [-0.3, -0.25) is 19.3 Å². The molecule has 3 amide bonds. The second-order valence-corrected chi connectivity index (χ2v) is 19.4. The van der Waals surface area contributed by atoms with E-state index in [1.165, 1.54) is 18.1 Å². The van der Waals surface area contributed by atoms with Crippen LogP contribution in [-0.4, -0.2) is 114 Å². The quantitative estimate of drug-likeness (QED) is 0.139. The highest BCUT2D eigenvalue weighted by atomic mass is 19.4. The number of cyclic esters (lactones) is 1. The van der Waals surface area contributed by atoms with Gasteiger partial charge < -0.3 is 24.0 Å². The molecule has 0 N–H and O–H groups in total. The van der Waals surface area contributed by atoms with Crippen molar-refractivity contribution >= 4 is 29.6 Å². The number of carbonyl (C=O) groups is 4. The van der Waals surface area contributed by atoms with E-state index in [4.69, 9.17) is 14.2 Å². The van der Waals surface area contributed by atoms with Crippen LogP contribution in [0.2, 0.25) is 0 Å². The standard InChI is InChI=1S/C49H60F4N4O7/c1-8-47(5,6)64-43(59)33-20-22-54(23-21-33)41-25-34(49(51,52)53)16-19-37(41)38-26-55(27-39(38)42(58)57-35(29-63-45(57)61)24-31-12-10-9-11-13-31)44(60)48(50)30-56(46(2,3)4)28-40(48)32-14-17-36(62-7)18-15-32/h9-19,25,33,35,38-40H,8,20-24,26-30H2,1-7H3/t35-,38-,39+,40+,48+/m1/s1. The van der Waals surface area contributed by atoms with Crippen LogP contribution in [0, 0.1) is 11.8 Å². The molecule has 3 aromatic rings. The van der Waals surface area contributed by atoms with E-state index in [2.05, 4.69) is 0 Å². The van der Waals surface area contributed by atoms with E-state index in [1.807, 2.05) is 76.8 Å². The zero-order valence-corrected chi connectivity index (χ0v) is 37.8. The third kappa shape index (κ3) is 9.60. The lowest BCUT2D eigenvalue weighted by molar-refractivity contribution is -0.162. The highest BCUT2D eigenvalue weighted by molar-refractivity contribution is 5.97. The Morgan fingerprint density at radius 2 is 1.56 bits per heavy atom. The lowest BCUT2D eigenvalue weighted by Crippen LogP contribution is -2.51. The number of piperidine rings is 1. The highest BCUT2D eigenvalue weighted by Crippen LogP contribution is 2.48. The summed E-state index contributed by atoms with van der Waals surface area (Å²) >= 11 is 0. The Bertz CT molecular complexity index is 2190. The normalized spacial score (nSPS) is 24.9. The fourth-order valence-corrected chi connectivity index (χ4v) is 9.59. The van der Waals surface area contributed by atoms with Gasteiger partial charge in [-0.15, -0.1) is 0 Å². The molecule has 4 saturated heterocycles. The average Bonchev–Trinajstić information content (AvgIpc) is 3.98. The van der Waals surface area contributed by atoms with Gasteiger partial charge in [0.15, 0.2) is 0 Å². The molecular formula is C49H60F4N4O7. The van der Waals surface area contributed by atoms with E-state index >= 15 is 14.0 Å². The first-order valence-corrected chi connectivity index (χ1v) is 22.2. The number of likely N-dealkylation sites (tertiary alicyclic amines) is 2. The number of amides is 3. The van der Waals surface area contributed by atoms with Crippen LogP contribution >= 0.6 is 0 Å².